The number of halogens is 2. The summed E-state index contributed by atoms with van der Waals surface area (Å²) in [5.41, 5.74) is 5.06. The van der Waals surface area contributed by atoms with E-state index in [0.717, 1.165) is 5.56 Å². The monoisotopic (exact) mass is 494 g/mol. The Hall–Kier alpha value is -3.46. The van der Waals surface area contributed by atoms with Crippen molar-refractivity contribution in [2.24, 2.45) is 0 Å². The summed E-state index contributed by atoms with van der Waals surface area (Å²) in [6.45, 7) is 6.20. The Kier molecular flexibility index (Phi) is 8.22. The molecule has 0 aliphatic rings. The predicted octanol–water partition coefficient (Wildman–Crippen LogP) is 7.05. The molecule has 7 heteroatoms. The van der Waals surface area contributed by atoms with E-state index in [-0.39, 0.29) is 5.57 Å². The molecule has 174 valence electrons. The highest BCUT2D eigenvalue weighted by molar-refractivity contribution is 6.32. The van der Waals surface area contributed by atoms with E-state index >= 15 is 0 Å². The number of methoxy groups -OCH3 is 1. The number of hydrogen-bond acceptors (Lipinski definition) is 4. The molecule has 0 atom stereocenters. The minimum absolute atomic E-state index is 0.0960. The van der Waals surface area contributed by atoms with Crippen LogP contribution in [0.15, 0.2) is 54.1 Å². The lowest BCUT2D eigenvalue weighted by Crippen LogP contribution is -2.14. The van der Waals surface area contributed by atoms with Crippen molar-refractivity contribution >= 4 is 40.9 Å². The van der Waals surface area contributed by atoms with Crippen molar-refractivity contribution in [3.8, 4) is 17.6 Å². The normalized spacial score (nSPS) is 11.0. The van der Waals surface area contributed by atoms with Gasteiger partial charge in [0, 0.05) is 10.7 Å². The highest BCUT2D eigenvalue weighted by Crippen LogP contribution is 2.37. The number of nitrogens with zero attached hydrogens (tertiary/aromatic N) is 1. The van der Waals surface area contributed by atoms with E-state index in [0.29, 0.717) is 45.0 Å². The zero-order valence-corrected chi connectivity index (χ0v) is 20.8. The van der Waals surface area contributed by atoms with E-state index in [1.165, 1.54) is 24.3 Å². The number of hydrogen-bond donors (Lipinski definition) is 1. The number of aryl methyl sites for hydroxylation is 2. The summed E-state index contributed by atoms with van der Waals surface area (Å²) in [5, 5.41) is 13.1. The number of nitriles is 1. The van der Waals surface area contributed by atoms with Crippen LogP contribution in [0.25, 0.3) is 6.08 Å². The molecule has 0 aromatic heterocycles. The molecule has 0 unspecified atom stereocenters. The van der Waals surface area contributed by atoms with Crippen LogP contribution in [0.2, 0.25) is 10.0 Å². The van der Waals surface area contributed by atoms with Gasteiger partial charge in [-0.25, -0.2) is 0 Å². The van der Waals surface area contributed by atoms with E-state index in [9.17, 15) is 10.1 Å². The van der Waals surface area contributed by atoms with Crippen molar-refractivity contribution in [3.63, 3.8) is 0 Å². The van der Waals surface area contributed by atoms with Crippen molar-refractivity contribution < 1.29 is 14.3 Å². The van der Waals surface area contributed by atoms with Gasteiger partial charge in [0.15, 0.2) is 11.5 Å². The number of amides is 1. The average molecular weight is 495 g/mol. The quantitative estimate of drug-likeness (QED) is 0.282. The SMILES string of the molecule is COc1cc(/C=C(\C#N)C(=O)Nc2cccc(Cl)c2C)cc(Cl)c1OCc1ccc(C)c(C)c1. The molecule has 3 aromatic rings. The van der Waals surface area contributed by atoms with Gasteiger partial charge < -0.3 is 14.8 Å². The van der Waals surface area contributed by atoms with Crippen molar-refractivity contribution in [2.45, 2.75) is 27.4 Å². The Morgan fingerprint density at radius 1 is 1.06 bits per heavy atom. The van der Waals surface area contributed by atoms with Crippen molar-refractivity contribution in [2.75, 3.05) is 12.4 Å². The molecule has 0 saturated carbocycles. The first-order valence-electron chi connectivity index (χ1n) is 10.5. The number of ether oxygens (including phenoxy) is 2. The predicted molar refractivity (Wildman–Crippen MR) is 137 cm³/mol. The van der Waals surface area contributed by atoms with Gasteiger partial charge >= 0.3 is 0 Å². The lowest BCUT2D eigenvalue weighted by atomic mass is 10.1. The van der Waals surface area contributed by atoms with Crippen LogP contribution in [0.1, 0.15) is 27.8 Å². The largest absolute Gasteiger partial charge is 0.493 e. The molecule has 3 rings (SSSR count). The number of benzene rings is 3. The second-order valence-corrected chi connectivity index (χ2v) is 8.59. The van der Waals surface area contributed by atoms with Gasteiger partial charge in [0.25, 0.3) is 5.91 Å². The summed E-state index contributed by atoms with van der Waals surface area (Å²) in [5.74, 6) is 0.223. The maximum atomic E-state index is 12.7. The van der Waals surface area contributed by atoms with Crippen LogP contribution in [0.3, 0.4) is 0 Å². The van der Waals surface area contributed by atoms with E-state index in [4.69, 9.17) is 32.7 Å². The number of nitrogens with one attached hydrogen (secondary N) is 1. The summed E-state index contributed by atoms with van der Waals surface area (Å²) in [6, 6.07) is 16.5. The van der Waals surface area contributed by atoms with Crippen LogP contribution in [-0.4, -0.2) is 13.0 Å². The highest BCUT2D eigenvalue weighted by atomic mass is 35.5. The Bertz CT molecular complexity index is 1310. The van der Waals surface area contributed by atoms with Crippen molar-refractivity contribution in [1.82, 2.24) is 0 Å². The Morgan fingerprint density at radius 3 is 2.50 bits per heavy atom. The third kappa shape index (κ3) is 5.91. The second-order valence-electron chi connectivity index (χ2n) is 7.78. The zero-order valence-electron chi connectivity index (χ0n) is 19.3. The van der Waals surface area contributed by atoms with Crippen LogP contribution < -0.4 is 14.8 Å². The zero-order chi connectivity index (χ0) is 24.8. The first-order chi connectivity index (χ1) is 16.2. The molecule has 0 saturated heterocycles. The molecular formula is C27H24Cl2N2O3. The number of rotatable bonds is 7. The molecule has 5 nitrogen and oxygen atoms in total. The number of anilines is 1. The lowest BCUT2D eigenvalue weighted by Gasteiger charge is -2.14. The molecule has 0 aliphatic heterocycles. The van der Waals surface area contributed by atoms with Gasteiger partial charge in [0.05, 0.1) is 12.1 Å². The smallest absolute Gasteiger partial charge is 0.266 e. The molecule has 0 radical (unpaired) electrons. The Morgan fingerprint density at radius 2 is 1.82 bits per heavy atom. The van der Waals surface area contributed by atoms with E-state index in [1.54, 1.807) is 37.3 Å². The van der Waals surface area contributed by atoms with Gasteiger partial charge in [0.1, 0.15) is 18.2 Å². The van der Waals surface area contributed by atoms with Crippen molar-refractivity contribution in [1.29, 1.82) is 5.26 Å². The number of carbonyl (C=O) groups is 1. The van der Waals surface area contributed by atoms with Crippen LogP contribution in [0.4, 0.5) is 5.69 Å². The van der Waals surface area contributed by atoms with Gasteiger partial charge in [-0.1, -0.05) is 47.5 Å². The molecule has 0 spiro atoms. The minimum atomic E-state index is -0.557. The van der Waals surface area contributed by atoms with Gasteiger partial charge in [-0.15, -0.1) is 0 Å². The standard InChI is InChI=1S/C27H24Cl2N2O3/c1-16-8-9-19(10-17(16)2)15-34-26-23(29)12-20(13-25(26)33-4)11-21(14-30)27(32)31-24-7-5-6-22(28)18(24)3/h5-13H,15H2,1-4H3,(H,31,32)/b21-11+. The molecule has 1 amide bonds. The minimum Gasteiger partial charge on any atom is -0.493 e. The van der Waals surface area contributed by atoms with Gasteiger partial charge in [-0.05, 0) is 78.9 Å². The maximum absolute atomic E-state index is 12.7. The van der Waals surface area contributed by atoms with Crippen LogP contribution >= 0.6 is 23.2 Å². The van der Waals surface area contributed by atoms with Crippen LogP contribution in [-0.2, 0) is 11.4 Å². The van der Waals surface area contributed by atoms with Gasteiger partial charge in [0.2, 0.25) is 0 Å². The molecule has 0 heterocycles. The fraction of sp³-hybridized carbons (Fsp3) is 0.185. The molecule has 3 aromatic carbocycles. The first kappa shape index (κ1) is 25.2. The third-order valence-electron chi connectivity index (χ3n) is 5.40. The maximum Gasteiger partial charge on any atom is 0.266 e. The lowest BCUT2D eigenvalue weighted by molar-refractivity contribution is -0.112. The number of carbonyl (C=O) groups excluding carboxylic acids is 1. The van der Waals surface area contributed by atoms with E-state index in [2.05, 4.69) is 18.3 Å². The Labute approximate surface area is 209 Å². The molecule has 0 fully saturated rings. The molecule has 0 aliphatic carbocycles. The first-order valence-corrected chi connectivity index (χ1v) is 11.2. The Balaban J connectivity index is 1.83. The molecular weight excluding hydrogens is 471 g/mol. The molecule has 34 heavy (non-hydrogen) atoms. The van der Waals surface area contributed by atoms with Gasteiger partial charge in [-0.3, -0.25) is 4.79 Å². The van der Waals surface area contributed by atoms with E-state index < -0.39 is 5.91 Å². The second kappa shape index (κ2) is 11.1. The van der Waals surface area contributed by atoms with E-state index in [1.807, 2.05) is 25.1 Å². The van der Waals surface area contributed by atoms with Crippen molar-refractivity contribution in [3.05, 3.63) is 92.0 Å². The van der Waals surface area contributed by atoms with Gasteiger partial charge in [-0.2, -0.15) is 5.26 Å². The average Bonchev–Trinajstić information content (AvgIpc) is 2.81. The fourth-order valence-corrected chi connectivity index (χ4v) is 3.71. The third-order valence-corrected chi connectivity index (χ3v) is 6.09. The summed E-state index contributed by atoms with van der Waals surface area (Å²) in [7, 11) is 1.50. The summed E-state index contributed by atoms with van der Waals surface area (Å²) < 4.78 is 11.4. The summed E-state index contributed by atoms with van der Waals surface area (Å²) in [6.07, 6.45) is 1.44. The topological polar surface area (TPSA) is 71.3 Å². The molecule has 0 bridgehead atoms. The summed E-state index contributed by atoms with van der Waals surface area (Å²) in [4.78, 5) is 12.7. The van der Waals surface area contributed by atoms with Crippen LogP contribution in [0.5, 0.6) is 11.5 Å². The molecule has 1 N–H and O–H groups in total. The summed E-state index contributed by atoms with van der Waals surface area (Å²) >= 11 is 12.6. The highest BCUT2D eigenvalue weighted by Gasteiger charge is 2.15. The fourth-order valence-electron chi connectivity index (χ4n) is 3.26. The van der Waals surface area contributed by atoms with Crippen LogP contribution in [0, 0.1) is 32.1 Å².